The van der Waals surface area contributed by atoms with Gasteiger partial charge in [-0.3, -0.25) is 9.80 Å². The molecule has 15 heteroatoms. The highest BCUT2D eigenvalue weighted by atomic mass is 32.2. The van der Waals surface area contributed by atoms with Crippen molar-refractivity contribution in [1.29, 1.82) is 5.26 Å². The van der Waals surface area contributed by atoms with E-state index in [1.165, 1.54) is 17.8 Å². The number of aromatic nitrogens is 3. The standard InChI is InChI=1S/C32H37F3N8O2S2/c1-3-47(2,45)42-11-8-40(9-12-42)10-13-43-25(19-36)15-22-14-23(29(44)17-28(22)43)20-41-6-4-24(5-7-41)39-30-27-16-26(18-32(33,34)35)46-31(27)38-21-37-30/h3,14-17,21,24,44H,1-2,4-13,18,20H2,(H,37,38,39). The topological polar surface area (TPSA) is 114 Å². The number of hydrogen-bond donors (Lipinski definition) is 2. The number of nitriles is 1. The van der Waals surface area contributed by atoms with Gasteiger partial charge in [0.05, 0.1) is 17.3 Å². The fourth-order valence-corrected chi connectivity index (χ4v) is 8.41. The zero-order valence-electron chi connectivity index (χ0n) is 25.9. The van der Waals surface area contributed by atoms with Crippen molar-refractivity contribution in [2.45, 2.75) is 44.6 Å². The van der Waals surface area contributed by atoms with Gasteiger partial charge in [0.15, 0.2) is 0 Å². The number of benzene rings is 1. The monoisotopic (exact) mass is 686 g/mol. The van der Waals surface area contributed by atoms with Crippen molar-refractivity contribution < 1.29 is 22.5 Å². The Morgan fingerprint density at radius 2 is 1.83 bits per heavy atom. The van der Waals surface area contributed by atoms with Crippen LogP contribution in [0.2, 0.25) is 0 Å². The number of rotatable bonds is 10. The minimum Gasteiger partial charge on any atom is -0.508 e. The molecule has 47 heavy (non-hydrogen) atoms. The number of piperidine rings is 1. The number of piperazine rings is 1. The Hall–Kier alpha value is -3.68. The smallest absolute Gasteiger partial charge is 0.393 e. The van der Waals surface area contributed by atoms with E-state index in [-0.39, 0.29) is 16.7 Å². The van der Waals surface area contributed by atoms with Gasteiger partial charge < -0.3 is 15.0 Å². The van der Waals surface area contributed by atoms with Crippen molar-refractivity contribution in [2.24, 2.45) is 0 Å². The summed E-state index contributed by atoms with van der Waals surface area (Å²) < 4.78 is 55.1. The van der Waals surface area contributed by atoms with Crippen molar-refractivity contribution in [3.8, 4) is 11.8 Å². The minimum atomic E-state index is -4.28. The molecule has 6 rings (SSSR count). The third-order valence-electron chi connectivity index (χ3n) is 8.96. The average molecular weight is 687 g/mol. The summed E-state index contributed by atoms with van der Waals surface area (Å²) in [6.07, 6.45) is -2.27. The Bertz CT molecular complexity index is 1920. The minimum absolute atomic E-state index is 0.103. The van der Waals surface area contributed by atoms with Crippen molar-refractivity contribution >= 4 is 53.9 Å². The van der Waals surface area contributed by atoms with Crippen LogP contribution < -0.4 is 5.32 Å². The van der Waals surface area contributed by atoms with Crippen LogP contribution in [0.1, 0.15) is 29.0 Å². The first kappa shape index (κ1) is 33.2. The molecule has 1 unspecified atom stereocenters. The van der Waals surface area contributed by atoms with E-state index in [0.29, 0.717) is 54.5 Å². The van der Waals surface area contributed by atoms with Crippen LogP contribution in [-0.4, -0.2) is 102 Å². The molecule has 1 atom stereocenters. The number of phenolic OH excluding ortho intramolecular Hbond substituents is 1. The van der Waals surface area contributed by atoms with E-state index in [4.69, 9.17) is 0 Å². The highest BCUT2D eigenvalue weighted by Crippen LogP contribution is 2.34. The van der Waals surface area contributed by atoms with Gasteiger partial charge in [-0.15, -0.1) is 11.3 Å². The third-order valence-corrected chi connectivity index (χ3v) is 11.8. The predicted octanol–water partition coefficient (Wildman–Crippen LogP) is 4.80. The molecular weight excluding hydrogens is 650 g/mol. The molecule has 0 amide bonds. The van der Waals surface area contributed by atoms with Gasteiger partial charge in [0.1, 0.15) is 34.5 Å². The number of phenols is 1. The van der Waals surface area contributed by atoms with Crippen LogP contribution in [0.15, 0.2) is 42.6 Å². The van der Waals surface area contributed by atoms with E-state index >= 15 is 0 Å². The molecule has 10 nitrogen and oxygen atoms in total. The van der Waals surface area contributed by atoms with Crippen LogP contribution in [0.3, 0.4) is 0 Å². The maximum Gasteiger partial charge on any atom is 0.393 e. The van der Waals surface area contributed by atoms with E-state index in [9.17, 15) is 27.7 Å². The molecule has 0 spiro atoms. The van der Waals surface area contributed by atoms with Crippen LogP contribution >= 0.6 is 11.3 Å². The zero-order valence-corrected chi connectivity index (χ0v) is 27.5. The Labute approximate surface area is 275 Å². The molecule has 2 aliphatic heterocycles. The van der Waals surface area contributed by atoms with Crippen molar-refractivity contribution in [1.82, 2.24) is 28.6 Å². The van der Waals surface area contributed by atoms with Gasteiger partial charge in [-0.2, -0.15) is 18.4 Å². The number of alkyl halides is 3. The maximum atomic E-state index is 12.9. The number of thiophene rings is 1. The molecular formula is C32H37F3N8O2S2. The van der Waals surface area contributed by atoms with Gasteiger partial charge in [-0.25, -0.2) is 18.5 Å². The number of aromatic hydroxyl groups is 1. The molecule has 2 saturated heterocycles. The normalized spacial score (nSPS) is 18.8. The Morgan fingerprint density at radius 3 is 2.51 bits per heavy atom. The van der Waals surface area contributed by atoms with E-state index in [2.05, 4.69) is 43.6 Å². The Kier molecular flexibility index (Phi) is 9.50. The number of fused-ring (bicyclic) bond motifs is 2. The Balaban J connectivity index is 1.06. The number of nitrogens with one attached hydrogen (secondary N) is 1. The van der Waals surface area contributed by atoms with E-state index in [1.807, 2.05) is 21.0 Å². The molecule has 1 aromatic carbocycles. The lowest BCUT2D eigenvalue weighted by atomic mass is 10.0. The van der Waals surface area contributed by atoms with Crippen LogP contribution in [0.5, 0.6) is 5.75 Å². The second-order valence-corrected chi connectivity index (χ2v) is 15.4. The van der Waals surface area contributed by atoms with Crippen molar-refractivity contribution in [3.63, 3.8) is 0 Å². The average Bonchev–Trinajstić information content (AvgIpc) is 3.60. The SMILES string of the molecule is C=CS(=C)(=O)N1CCN(CCn2c(C#N)cc3cc(CN4CCC(Nc5ncnc6sc(CC(F)(F)F)cc56)CC4)c(O)cc32)CC1. The summed E-state index contributed by atoms with van der Waals surface area (Å²) in [6, 6.07) is 9.49. The second kappa shape index (κ2) is 13.4. The van der Waals surface area contributed by atoms with E-state index in [1.54, 1.807) is 6.07 Å². The number of anilines is 1. The predicted molar refractivity (Wildman–Crippen MR) is 181 cm³/mol. The van der Waals surface area contributed by atoms with Crippen molar-refractivity contribution in [2.75, 3.05) is 51.1 Å². The second-order valence-electron chi connectivity index (χ2n) is 12.1. The first-order chi connectivity index (χ1) is 22.4. The first-order valence-corrected chi connectivity index (χ1v) is 18.0. The molecule has 4 aromatic rings. The molecule has 0 saturated carbocycles. The molecule has 0 radical (unpaired) electrons. The summed E-state index contributed by atoms with van der Waals surface area (Å²) in [5, 5.41) is 27.3. The summed E-state index contributed by atoms with van der Waals surface area (Å²) in [6.45, 7) is 9.77. The highest BCUT2D eigenvalue weighted by molar-refractivity contribution is 8.00. The maximum absolute atomic E-state index is 12.9. The van der Waals surface area contributed by atoms with Gasteiger partial charge >= 0.3 is 6.18 Å². The molecule has 2 aliphatic rings. The summed E-state index contributed by atoms with van der Waals surface area (Å²) >= 11 is 1.04. The quantitative estimate of drug-likeness (QED) is 0.229. The summed E-state index contributed by atoms with van der Waals surface area (Å²) in [7, 11) is -2.43. The highest BCUT2D eigenvalue weighted by Gasteiger charge is 2.29. The Morgan fingerprint density at radius 1 is 1.09 bits per heavy atom. The third kappa shape index (κ3) is 7.57. The fraction of sp³-hybridized carbons (Fsp3) is 0.438. The fourth-order valence-electron chi connectivity index (χ4n) is 6.39. The molecule has 0 bridgehead atoms. The van der Waals surface area contributed by atoms with Gasteiger partial charge in [-0.1, -0.05) is 6.58 Å². The van der Waals surface area contributed by atoms with Crippen LogP contribution in [0, 0.1) is 11.3 Å². The van der Waals surface area contributed by atoms with Gasteiger partial charge in [0.2, 0.25) is 0 Å². The molecule has 2 fully saturated rings. The largest absolute Gasteiger partial charge is 0.508 e. The number of hydrogen-bond acceptors (Lipinski definition) is 9. The lowest BCUT2D eigenvalue weighted by Crippen LogP contribution is -2.48. The summed E-state index contributed by atoms with van der Waals surface area (Å²) in [5.74, 6) is 4.52. The number of halogens is 3. The summed E-state index contributed by atoms with van der Waals surface area (Å²) in [5.41, 5.74) is 2.12. The van der Waals surface area contributed by atoms with Crippen molar-refractivity contribution in [3.05, 3.63) is 58.7 Å². The van der Waals surface area contributed by atoms with E-state index < -0.39 is 22.3 Å². The lowest BCUT2D eigenvalue weighted by molar-refractivity contribution is -0.126. The van der Waals surface area contributed by atoms with Crippen LogP contribution in [0.25, 0.3) is 21.1 Å². The van der Waals surface area contributed by atoms with Crippen LogP contribution in [-0.2, 0) is 29.2 Å². The van der Waals surface area contributed by atoms with Gasteiger partial charge in [0.25, 0.3) is 0 Å². The van der Waals surface area contributed by atoms with Crippen LogP contribution in [0.4, 0.5) is 19.0 Å². The summed E-state index contributed by atoms with van der Waals surface area (Å²) in [4.78, 5) is 13.8. The lowest BCUT2D eigenvalue weighted by Gasteiger charge is -2.35. The molecule has 3 aromatic heterocycles. The van der Waals surface area contributed by atoms with Gasteiger partial charge in [0, 0.05) is 102 Å². The zero-order chi connectivity index (χ0) is 33.3. The molecule has 2 N–H and O–H groups in total. The number of nitrogens with zero attached hydrogens (tertiary/aromatic N) is 7. The number of likely N-dealkylation sites (tertiary alicyclic amines) is 1. The molecule has 250 valence electrons. The van der Waals surface area contributed by atoms with Gasteiger partial charge in [-0.05, 0) is 36.9 Å². The molecule has 5 heterocycles. The first-order valence-electron chi connectivity index (χ1n) is 15.4. The van der Waals surface area contributed by atoms with E-state index in [0.717, 1.165) is 66.8 Å². The molecule has 0 aliphatic carbocycles.